The van der Waals surface area contributed by atoms with Gasteiger partial charge in [0.05, 0.1) is 12.7 Å². The first-order valence-electron chi connectivity index (χ1n) is 6.81. The Labute approximate surface area is 130 Å². The number of fused-ring (bicyclic) bond motifs is 1. The van der Waals surface area contributed by atoms with Crippen LogP contribution in [0.25, 0.3) is 10.1 Å². The van der Waals surface area contributed by atoms with E-state index in [0.29, 0.717) is 6.54 Å². The Morgan fingerprint density at radius 2 is 2.05 bits per heavy atom. The van der Waals surface area contributed by atoms with Crippen LogP contribution < -0.4 is 0 Å². The second kappa shape index (κ2) is 7.41. The van der Waals surface area contributed by atoms with Gasteiger partial charge in [-0.1, -0.05) is 18.2 Å². The highest BCUT2D eigenvalue weighted by molar-refractivity contribution is 7.17. The Bertz CT molecular complexity index is 600. The predicted molar refractivity (Wildman–Crippen MR) is 81.0 cm³/mol. The van der Waals surface area contributed by atoms with Gasteiger partial charge in [-0.2, -0.15) is 13.2 Å². The lowest BCUT2D eigenvalue weighted by atomic mass is 10.1. The van der Waals surface area contributed by atoms with Crippen LogP contribution in [0.1, 0.15) is 5.56 Å². The number of ether oxygens (including phenoxy) is 1. The first-order chi connectivity index (χ1) is 10.3. The molecule has 0 amide bonds. The number of likely N-dealkylation sites (N-methyl/N-ethyl adjacent to an activating group) is 1. The molecule has 0 fully saturated rings. The topological polar surface area (TPSA) is 32.7 Å². The van der Waals surface area contributed by atoms with E-state index in [1.165, 1.54) is 10.1 Å². The minimum Gasteiger partial charge on any atom is -0.389 e. The monoisotopic (exact) mass is 333 g/mol. The maximum Gasteiger partial charge on any atom is 0.411 e. The average molecular weight is 333 g/mol. The third kappa shape index (κ3) is 5.24. The van der Waals surface area contributed by atoms with E-state index in [1.807, 2.05) is 36.2 Å². The standard InChI is InChI=1S/C15H18F3NO2S/c1-19(7-12(20)8-21-10-15(16,17)18)6-11-9-22-14-5-3-2-4-13(11)14/h2-5,9,12,20H,6-8,10H2,1H3. The van der Waals surface area contributed by atoms with Crippen LogP contribution in [0.4, 0.5) is 13.2 Å². The highest BCUT2D eigenvalue weighted by atomic mass is 32.1. The number of rotatable bonds is 7. The fourth-order valence-electron chi connectivity index (χ4n) is 2.23. The van der Waals surface area contributed by atoms with Crippen LogP contribution in [0.3, 0.4) is 0 Å². The van der Waals surface area contributed by atoms with Gasteiger partial charge in [0.1, 0.15) is 6.61 Å². The largest absolute Gasteiger partial charge is 0.411 e. The minimum absolute atomic E-state index is 0.252. The van der Waals surface area contributed by atoms with Crippen molar-refractivity contribution in [2.45, 2.75) is 18.8 Å². The fraction of sp³-hybridized carbons (Fsp3) is 0.467. The van der Waals surface area contributed by atoms with Crippen molar-refractivity contribution in [3.05, 3.63) is 35.2 Å². The first kappa shape index (κ1) is 17.2. The van der Waals surface area contributed by atoms with Gasteiger partial charge < -0.3 is 9.84 Å². The molecule has 0 radical (unpaired) electrons. The number of hydrogen-bond acceptors (Lipinski definition) is 4. The minimum atomic E-state index is -4.36. The summed E-state index contributed by atoms with van der Waals surface area (Å²) in [5.41, 5.74) is 1.14. The number of aliphatic hydroxyl groups is 1. The van der Waals surface area contributed by atoms with Crippen molar-refractivity contribution < 1.29 is 23.0 Å². The van der Waals surface area contributed by atoms with Crippen LogP contribution in [-0.2, 0) is 11.3 Å². The van der Waals surface area contributed by atoms with Crippen molar-refractivity contribution in [2.75, 3.05) is 26.8 Å². The number of benzene rings is 1. The van der Waals surface area contributed by atoms with Gasteiger partial charge in [0, 0.05) is 17.8 Å². The van der Waals surface area contributed by atoms with Gasteiger partial charge in [-0.25, -0.2) is 0 Å². The predicted octanol–water partition coefficient (Wildman–Crippen LogP) is 3.27. The summed E-state index contributed by atoms with van der Waals surface area (Å²) < 4.78 is 41.5. The van der Waals surface area contributed by atoms with Gasteiger partial charge >= 0.3 is 6.18 Å². The summed E-state index contributed by atoms with van der Waals surface area (Å²) in [5.74, 6) is 0. The molecule has 0 bridgehead atoms. The Morgan fingerprint density at radius 1 is 1.32 bits per heavy atom. The molecule has 0 saturated heterocycles. The van der Waals surface area contributed by atoms with Crippen molar-refractivity contribution in [1.82, 2.24) is 4.90 Å². The van der Waals surface area contributed by atoms with Gasteiger partial charge in [0.15, 0.2) is 0 Å². The summed E-state index contributed by atoms with van der Waals surface area (Å²) >= 11 is 1.65. The van der Waals surface area contributed by atoms with Gasteiger partial charge in [-0.05, 0) is 29.4 Å². The van der Waals surface area contributed by atoms with Crippen LogP contribution >= 0.6 is 11.3 Å². The van der Waals surface area contributed by atoms with Gasteiger partial charge in [0.25, 0.3) is 0 Å². The number of halogens is 3. The zero-order chi connectivity index (χ0) is 16.2. The van der Waals surface area contributed by atoms with Crippen molar-refractivity contribution in [1.29, 1.82) is 0 Å². The molecule has 2 rings (SSSR count). The third-order valence-corrected chi connectivity index (χ3v) is 4.11. The Morgan fingerprint density at radius 3 is 2.77 bits per heavy atom. The summed E-state index contributed by atoms with van der Waals surface area (Å²) in [6, 6.07) is 8.04. The molecule has 3 nitrogen and oxygen atoms in total. The van der Waals surface area contributed by atoms with Gasteiger partial charge in [-0.15, -0.1) is 11.3 Å². The molecule has 0 aliphatic carbocycles. The van der Waals surface area contributed by atoms with Crippen LogP contribution in [-0.4, -0.2) is 49.1 Å². The zero-order valence-corrected chi connectivity index (χ0v) is 13.0. The smallest absolute Gasteiger partial charge is 0.389 e. The second-order valence-electron chi connectivity index (χ2n) is 5.24. The molecule has 1 N–H and O–H groups in total. The molecular weight excluding hydrogens is 315 g/mol. The van der Waals surface area contributed by atoms with E-state index >= 15 is 0 Å². The summed E-state index contributed by atoms with van der Waals surface area (Å²) in [5, 5.41) is 13.0. The van der Waals surface area contributed by atoms with E-state index in [0.717, 1.165) is 5.56 Å². The molecule has 0 saturated carbocycles. The van der Waals surface area contributed by atoms with Crippen LogP contribution in [0, 0.1) is 0 Å². The Balaban J connectivity index is 1.81. The molecule has 1 unspecified atom stereocenters. The SMILES string of the molecule is CN(Cc1csc2ccccc12)CC(O)COCC(F)(F)F. The van der Waals surface area contributed by atoms with E-state index in [9.17, 15) is 18.3 Å². The van der Waals surface area contributed by atoms with Crippen molar-refractivity contribution in [2.24, 2.45) is 0 Å². The number of hydrogen-bond donors (Lipinski definition) is 1. The number of aliphatic hydroxyl groups excluding tert-OH is 1. The lowest BCUT2D eigenvalue weighted by Crippen LogP contribution is -2.33. The fourth-order valence-corrected chi connectivity index (χ4v) is 3.19. The molecule has 1 heterocycles. The summed E-state index contributed by atoms with van der Waals surface area (Å²) in [7, 11) is 1.82. The third-order valence-electron chi connectivity index (χ3n) is 3.10. The maximum atomic E-state index is 12.0. The number of thiophene rings is 1. The Kier molecular flexibility index (Phi) is 5.80. The van der Waals surface area contributed by atoms with E-state index in [-0.39, 0.29) is 13.2 Å². The normalized spacial score (nSPS) is 13.9. The second-order valence-corrected chi connectivity index (χ2v) is 6.15. The molecule has 0 aliphatic heterocycles. The maximum absolute atomic E-state index is 12.0. The highest BCUT2D eigenvalue weighted by Gasteiger charge is 2.27. The summed E-state index contributed by atoms with van der Waals surface area (Å²) in [6.45, 7) is -0.778. The van der Waals surface area contributed by atoms with Crippen LogP contribution in [0.5, 0.6) is 0 Å². The van der Waals surface area contributed by atoms with E-state index in [4.69, 9.17) is 0 Å². The molecular formula is C15H18F3NO2S. The number of alkyl halides is 3. The summed E-state index contributed by atoms with van der Waals surface area (Å²) in [6.07, 6.45) is -5.31. The molecule has 0 spiro atoms. The van der Waals surface area contributed by atoms with Crippen molar-refractivity contribution in [3.8, 4) is 0 Å². The Hall–Kier alpha value is -1.15. The van der Waals surface area contributed by atoms with Gasteiger partial charge in [0.2, 0.25) is 0 Å². The summed E-state index contributed by atoms with van der Waals surface area (Å²) in [4.78, 5) is 1.87. The van der Waals surface area contributed by atoms with E-state index in [1.54, 1.807) is 11.3 Å². The molecule has 0 aliphatic rings. The lowest BCUT2D eigenvalue weighted by molar-refractivity contribution is -0.179. The van der Waals surface area contributed by atoms with Crippen molar-refractivity contribution >= 4 is 21.4 Å². The molecule has 122 valence electrons. The molecule has 1 aromatic heterocycles. The van der Waals surface area contributed by atoms with Crippen molar-refractivity contribution in [3.63, 3.8) is 0 Å². The van der Waals surface area contributed by atoms with Crippen LogP contribution in [0.15, 0.2) is 29.6 Å². The molecule has 1 aromatic carbocycles. The molecule has 2 aromatic rings. The van der Waals surface area contributed by atoms with Gasteiger partial charge in [-0.3, -0.25) is 4.90 Å². The molecule has 1 atom stereocenters. The number of nitrogens with zero attached hydrogens (tertiary/aromatic N) is 1. The lowest BCUT2D eigenvalue weighted by Gasteiger charge is -2.20. The quantitative estimate of drug-likeness (QED) is 0.844. The average Bonchev–Trinajstić information content (AvgIpc) is 2.80. The van der Waals surface area contributed by atoms with E-state index in [2.05, 4.69) is 10.1 Å². The van der Waals surface area contributed by atoms with Crippen LogP contribution in [0.2, 0.25) is 0 Å². The molecule has 22 heavy (non-hydrogen) atoms. The highest BCUT2D eigenvalue weighted by Crippen LogP contribution is 2.26. The van der Waals surface area contributed by atoms with E-state index < -0.39 is 18.9 Å². The molecule has 7 heteroatoms. The zero-order valence-electron chi connectivity index (χ0n) is 12.1. The first-order valence-corrected chi connectivity index (χ1v) is 7.69.